The molecule has 0 atom stereocenters. The average molecular weight is 473 g/mol. The Hall–Kier alpha value is -4.28. The van der Waals surface area contributed by atoms with E-state index in [4.69, 9.17) is 9.15 Å². The molecule has 0 saturated carbocycles. The fourth-order valence-corrected chi connectivity index (χ4v) is 3.39. The van der Waals surface area contributed by atoms with Gasteiger partial charge in [0.2, 0.25) is 11.6 Å². The van der Waals surface area contributed by atoms with Crippen molar-refractivity contribution in [2.75, 3.05) is 5.32 Å². The monoisotopic (exact) mass is 473 g/mol. The zero-order valence-electron chi connectivity index (χ0n) is 18.0. The van der Waals surface area contributed by atoms with Crippen molar-refractivity contribution in [2.24, 2.45) is 14.1 Å². The summed E-state index contributed by atoms with van der Waals surface area (Å²) >= 11 is 0. The molecule has 2 heterocycles. The summed E-state index contributed by atoms with van der Waals surface area (Å²) in [6.07, 6.45) is -3.32. The first-order valence-corrected chi connectivity index (χ1v) is 9.95. The summed E-state index contributed by atoms with van der Waals surface area (Å²) in [6, 6.07) is 10.5. The highest BCUT2D eigenvalue weighted by atomic mass is 19.4. The van der Waals surface area contributed by atoms with Crippen molar-refractivity contribution in [1.82, 2.24) is 9.13 Å². The molecule has 0 aliphatic carbocycles. The molecule has 4 rings (SSSR count). The van der Waals surface area contributed by atoms with E-state index in [2.05, 4.69) is 5.32 Å². The first-order valence-electron chi connectivity index (χ1n) is 9.95. The van der Waals surface area contributed by atoms with Crippen LogP contribution in [0.4, 0.5) is 18.9 Å². The molecule has 1 amide bonds. The highest BCUT2D eigenvalue weighted by Crippen LogP contribution is 2.31. The molecule has 0 spiro atoms. The predicted octanol–water partition coefficient (Wildman–Crippen LogP) is 3.82. The molecular formula is C23H18F3N3O5. The lowest BCUT2D eigenvalue weighted by Crippen LogP contribution is -2.36. The second-order valence-corrected chi connectivity index (χ2v) is 7.52. The molecule has 8 nitrogen and oxygen atoms in total. The maximum absolute atomic E-state index is 12.7. The third kappa shape index (κ3) is 4.45. The summed E-state index contributed by atoms with van der Waals surface area (Å²) in [6.45, 7) is 0. The lowest BCUT2D eigenvalue weighted by Gasteiger charge is -2.10. The Morgan fingerprint density at radius 3 is 2.15 bits per heavy atom. The third-order valence-electron chi connectivity index (χ3n) is 5.15. The van der Waals surface area contributed by atoms with Crippen molar-refractivity contribution in [2.45, 2.75) is 12.6 Å². The van der Waals surface area contributed by atoms with E-state index < -0.39 is 28.9 Å². The van der Waals surface area contributed by atoms with Gasteiger partial charge >= 0.3 is 11.9 Å². The van der Waals surface area contributed by atoms with Crippen LogP contribution in [0.25, 0.3) is 11.1 Å². The number of alkyl halides is 3. The molecular weight excluding hydrogens is 455 g/mol. The summed E-state index contributed by atoms with van der Waals surface area (Å²) in [4.78, 5) is 37.0. The van der Waals surface area contributed by atoms with Crippen LogP contribution < -0.4 is 21.3 Å². The molecule has 0 fully saturated rings. The zero-order valence-corrected chi connectivity index (χ0v) is 18.0. The van der Waals surface area contributed by atoms with Crippen LogP contribution in [-0.2, 0) is 31.5 Å². The Labute approximate surface area is 189 Å². The highest BCUT2D eigenvalue weighted by Gasteiger charge is 2.30. The molecule has 34 heavy (non-hydrogen) atoms. The van der Waals surface area contributed by atoms with Crippen LogP contribution in [0, 0.1) is 0 Å². The second kappa shape index (κ2) is 8.58. The van der Waals surface area contributed by atoms with E-state index in [1.807, 2.05) is 0 Å². The largest absolute Gasteiger partial charge is 0.457 e. The minimum atomic E-state index is -4.43. The lowest BCUT2D eigenvalue weighted by molar-refractivity contribution is -0.137. The smallest absolute Gasteiger partial charge is 0.416 e. The van der Waals surface area contributed by atoms with Gasteiger partial charge in [-0.05, 0) is 48.5 Å². The molecule has 4 aromatic rings. The normalized spacial score (nSPS) is 11.6. The van der Waals surface area contributed by atoms with Crippen molar-refractivity contribution >= 4 is 22.7 Å². The summed E-state index contributed by atoms with van der Waals surface area (Å²) in [5.74, 6) is 0.172. The van der Waals surface area contributed by atoms with Gasteiger partial charge in [-0.3, -0.25) is 18.7 Å². The number of hydrogen-bond acceptors (Lipinski definition) is 5. The molecule has 2 aromatic heterocycles. The fraction of sp³-hybridized carbons (Fsp3) is 0.174. The summed E-state index contributed by atoms with van der Waals surface area (Å²) in [5.41, 5.74) is -1.01. The van der Waals surface area contributed by atoms with Gasteiger partial charge in [0.15, 0.2) is 0 Å². The zero-order chi connectivity index (χ0) is 24.6. The summed E-state index contributed by atoms with van der Waals surface area (Å²) in [5, 5.41) is 2.83. The molecule has 0 bridgehead atoms. The Morgan fingerprint density at radius 1 is 0.971 bits per heavy atom. The molecule has 0 unspecified atom stereocenters. The van der Waals surface area contributed by atoms with Gasteiger partial charge in [0.25, 0.3) is 5.56 Å². The van der Waals surface area contributed by atoms with Crippen LogP contribution >= 0.6 is 0 Å². The lowest BCUT2D eigenvalue weighted by atomic mass is 10.1. The number of carbonyl (C=O) groups excluding carboxylic acids is 1. The van der Waals surface area contributed by atoms with E-state index in [9.17, 15) is 27.6 Å². The number of aromatic nitrogens is 2. The van der Waals surface area contributed by atoms with E-state index in [-0.39, 0.29) is 23.3 Å². The van der Waals surface area contributed by atoms with Crippen LogP contribution in [0.2, 0.25) is 0 Å². The first-order chi connectivity index (χ1) is 16.0. The number of halogens is 3. The third-order valence-corrected chi connectivity index (χ3v) is 5.15. The van der Waals surface area contributed by atoms with Crippen LogP contribution in [-0.4, -0.2) is 15.0 Å². The molecule has 11 heteroatoms. The Kier molecular flexibility index (Phi) is 5.78. The summed E-state index contributed by atoms with van der Waals surface area (Å²) < 4.78 is 50.9. The van der Waals surface area contributed by atoms with E-state index >= 15 is 0 Å². The van der Waals surface area contributed by atoms with Crippen molar-refractivity contribution in [1.29, 1.82) is 0 Å². The topological polar surface area (TPSA) is 95.5 Å². The Morgan fingerprint density at radius 2 is 1.56 bits per heavy atom. The van der Waals surface area contributed by atoms with Gasteiger partial charge in [0.1, 0.15) is 16.9 Å². The second-order valence-electron chi connectivity index (χ2n) is 7.52. The molecule has 2 aromatic carbocycles. The van der Waals surface area contributed by atoms with E-state index in [0.717, 1.165) is 16.7 Å². The molecule has 176 valence electrons. The first kappa shape index (κ1) is 22.9. The van der Waals surface area contributed by atoms with Gasteiger partial charge in [-0.1, -0.05) is 0 Å². The Balaban J connectivity index is 1.44. The van der Waals surface area contributed by atoms with Crippen molar-refractivity contribution in [3.05, 3.63) is 86.8 Å². The van der Waals surface area contributed by atoms with Crippen LogP contribution in [0.5, 0.6) is 11.5 Å². The van der Waals surface area contributed by atoms with Crippen molar-refractivity contribution in [3.8, 4) is 11.5 Å². The Bertz CT molecular complexity index is 1480. The number of benzene rings is 2. The van der Waals surface area contributed by atoms with Crippen molar-refractivity contribution in [3.63, 3.8) is 0 Å². The number of aryl methyl sites for hydroxylation is 1. The maximum atomic E-state index is 12.7. The number of nitrogens with zero attached hydrogens (tertiary/aromatic N) is 2. The number of fused-ring (bicyclic) bond motifs is 1. The minimum Gasteiger partial charge on any atom is -0.457 e. The number of ether oxygens (including phenoxy) is 1. The molecule has 0 saturated heterocycles. The highest BCUT2D eigenvalue weighted by molar-refractivity contribution is 5.94. The number of hydrogen-bond donors (Lipinski definition) is 1. The number of carbonyl (C=O) groups is 1. The number of nitrogens with one attached hydrogen (secondary N) is 1. The fourth-order valence-electron chi connectivity index (χ4n) is 3.39. The SMILES string of the molecule is Cn1c(=O)c2c(CC(=O)Nc3ccc(Oc4ccc(C(F)(F)F)cc4)cc3)coc2n(C)c1=O. The van der Waals surface area contributed by atoms with Gasteiger partial charge in [-0.25, -0.2) is 4.79 Å². The van der Waals surface area contributed by atoms with Gasteiger partial charge in [-0.15, -0.1) is 0 Å². The van der Waals surface area contributed by atoms with E-state index in [1.165, 1.54) is 37.1 Å². The van der Waals surface area contributed by atoms with E-state index in [0.29, 0.717) is 17.0 Å². The molecule has 1 N–H and O–H groups in total. The van der Waals surface area contributed by atoms with Crippen molar-refractivity contribution < 1.29 is 27.1 Å². The molecule has 0 aliphatic heterocycles. The summed E-state index contributed by atoms with van der Waals surface area (Å²) in [7, 11) is 2.81. The van der Waals surface area contributed by atoms with Gasteiger partial charge in [0.05, 0.1) is 18.2 Å². The molecule has 0 radical (unpaired) electrons. The van der Waals surface area contributed by atoms with E-state index in [1.54, 1.807) is 24.3 Å². The van der Waals surface area contributed by atoms with Crippen LogP contribution in [0.3, 0.4) is 0 Å². The number of anilines is 1. The predicted molar refractivity (Wildman–Crippen MR) is 117 cm³/mol. The van der Waals surface area contributed by atoms with Gasteiger partial charge in [-0.2, -0.15) is 13.2 Å². The number of rotatable bonds is 5. The number of amides is 1. The minimum absolute atomic E-state index is 0.0840. The van der Waals surface area contributed by atoms with Crippen LogP contribution in [0.1, 0.15) is 11.1 Å². The molecule has 0 aliphatic rings. The van der Waals surface area contributed by atoms with Crippen LogP contribution in [0.15, 0.2) is 68.8 Å². The standard InChI is InChI=1S/C23H18F3N3O5/c1-28-20(31)19-13(12-33-21(19)29(2)22(28)32)11-18(30)27-15-5-9-17(10-6-15)34-16-7-3-14(4-8-16)23(24,25)26/h3-10,12H,11H2,1-2H3,(H,27,30). The van der Waals surface area contributed by atoms with Gasteiger partial charge < -0.3 is 14.5 Å². The maximum Gasteiger partial charge on any atom is 0.416 e. The van der Waals surface area contributed by atoms with Gasteiger partial charge in [0, 0.05) is 25.3 Å². The quantitative estimate of drug-likeness (QED) is 0.476. The number of furan rings is 1. The average Bonchev–Trinajstić information content (AvgIpc) is 3.21.